The Bertz CT molecular complexity index is 573. The molecular formula is C11H9FN2O3. The molecule has 0 spiro atoms. The number of aromatic nitrogens is 1. The van der Waals surface area contributed by atoms with Crippen molar-refractivity contribution in [2.24, 2.45) is 0 Å². The highest BCUT2D eigenvalue weighted by atomic mass is 19.1. The average Bonchev–Trinajstić information content (AvgIpc) is 2.59. The van der Waals surface area contributed by atoms with Gasteiger partial charge in [-0.2, -0.15) is 0 Å². The van der Waals surface area contributed by atoms with Crippen molar-refractivity contribution in [1.29, 1.82) is 0 Å². The van der Waals surface area contributed by atoms with Gasteiger partial charge in [-0.25, -0.2) is 4.39 Å². The molecule has 0 atom stereocenters. The van der Waals surface area contributed by atoms with Crippen LogP contribution < -0.4 is 0 Å². The van der Waals surface area contributed by atoms with Crippen LogP contribution in [-0.2, 0) is 0 Å². The van der Waals surface area contributed by atoms with Crippen LogP contribution in [0.4, 0.5) is 10.1 Å². The smallest absolute Gasteiger partial charge is 0.270 e. The molecule has 0 aliphatic carbocycles. The van der Waals surface area contributed by atoms with Crippen molar-refractivity contribution in [1.82, 2.24) is 5.16 Å². The molecular weight excluding hydrogens is 227 g/mol. The number of rotatable bonds is 2. The highest BCUT2D eigenvalue weighted by Gasteiger charge is 2.18. The lowest BCUT2D eigenvalue weighted by Crippen LogP contribution is -1.92. The molecule has 2 rings (SSSR count). The Morgan fingerprint density at radius 2 is 2.12 bits per heavy atom. The maximum atomic E-state index is 13.7. The van der Waals surface area contributed by atoms with Gasteiger partial charge in [0.05, 0.1) is 16.2 Å². The summed E-state index contributed by atoms with van der Waals surface area (Å²) in [5, 5.41) is 14.3. The molecule has 0 aliphatic rings. The third-order valence-electron chi connectivity index (χ3n) is 2.46. The van der Waals surface area contributed by atoms with E-state index in [0.717, 1.165) is 12.1 Å². The fourth-order valence-electron chi connectivity index (χ4n) is 1.69. The number of hydrogen-bond acceptors (Lipinski definition) is 4. The third-order valence-corrected chi connectivity index (χ3v) is 2.46. The van der Waals surface area contributed by atoms with Gasteiger partial charge in [0, 0.05) is 17.7 Å². The van der Waals surface area contributed by atoms with Crippen LogP contribution in [0, 0.1) is 29.8 Å². The first-order valence-corrected chi connectivity index (χ1v) is 4.88. The van der Waals surface area contributed by atoms with E-state index in [9.17, 15) is 14.5 Å². The second kappa shape index (κ2) is 3.97. The van der Waals surface area contributed by atoms with Gasteiger partial charge in [0.2, 0.25) is 0 Å². The summed E-state index contributed by atoms with van der Waals surface area (Å²) in [5.74, 6) is -0.105. The highest BCUT2D eigenvalue weighted by Crippen LogP contribution is 2.31. The summed E-state index contributed by atoms with van der Waals surface area (Å²) in [6, 6.07) is 3.37. The summed E-state index contributed by atoms with van der Waals surface area (Å²) in [7, 11) is 0. The monoisotopic (exact) mass is 236 g/mol. The molecule has 1 aromatic carbocycles. The van der Waals surface area contributed by atoms with Crippen LogP contribution in [0.1, 0.15) is 11.5 Å². The molecule has 0 saturated carbocycles. The lowest BCUT2D eigenvalue weighted by Gasteiger charge is -2.02. The van der Waals surface area contributed by atoms with Crippen LogP contribution in [-0.4, -0.2) is 10.1 Å². The first-order chi connectivity index (χ1) is 8.00. The second-order valence-corrected chi connectivity index (χ2v) is 3.62. The molecule has 1 heterocycles. The van der Waals surface area contributed by atoms with Gasteiger partial charge >= 0.3 is 0 Å². The van der Waals surface area contributed by atoms with Crippen molar-refractivity contribution in [3.8, 4) is 11.1 Å². The van der Waals surface area contributed by atoms with Gasteiger partial charge in [0.15, 0.2) is 0 Å². The molecule has 0 fully saturated rings. The first kappa shape index (κ1) is 11.3. The van der Waals surface area contributed by atoms with Gasteiger partial charge < -0.3 is 4.52 Å². The molecule has 2 aromatic rings. The molecule has 5 nitrogen and oxygen atoms in total. The predicted molar refractivity (Wildman–Crippen MR) is 58.0 cm³/mol. The van der Waals surface area contributed by atoms with Gasteiger partial charge in [-0.3, -0.25) is 10.1 Å². The van der Waals surface area contributed by atoms with Crippen molar-refractivity contribution in [2.75, 3.05) is 0 Å². The van der Waals surface area contributed by atoms with Gasteiger partial charge in [-0.1, -0.05) is 5.16 Å². The molecule has 0 saturated heterocycles. The van der Waals surface area contributed by atoms with Crippen LogP contribution in [0.5, 0.6) is 0 Å². The van der Waals surface area contributed by atoms with E-state index in [1.165, 1.54) is 6.07 Å². The maximum absolute atomic E-state index is 13.7. The summed E-state index contributed by atoms with van der Waals surface area (Å²) in [5.41, 5.74) is 0.935. The number of non-ortho nitro benzene ring substituents is 1. The van der Waals surface area contributed by atoms with E-state index < -0.39 is 10.7 Å². The minimum atomic E-state index is -0.568. The Balaban J connectivity index is 2.66. The summed E-state index contributed by atoms with van der Waals surface area (Å²) in [6.45, 7) is 3.29. The van der Waals surface area contributed by atoms with Gasteiger partial charge in [-0.05, 0) is 19.9 Å². The predicted octanol–water partition coefficient (Wildman–Crippen LogP) is 3.01. The molecule has 0 aliphatic heterocycles. The fraction of sp³-hybridized carbons (Fsp3) is 0.182. The Hall–Kier alpha value is -2.24. The van der Waals surface area contributed by atoms with E-state index >= 15 is 0 Å². The zero-order valence-electron chi connectivity index (χ0n) is 9.23. The average molecular weight is 236 g/mol. The van der Waals surface area contributed by atoms with Crippen LogP contribution in [0.25, 0.3) is 11.1 Å². The zero-order chi connectivity index (χ0) is 12.6. The molecule has 0 unspecified atom stereocenters. The van der Waals surface area contributed by atoms with Crippen molar-refractivity contribution < 1.29 is 13.8 Å². The molecule has 6 heteroatoms. The molecule has 0 N–H and O–H groups in total. The number of nitro groups is 1. The number of aryl methyl sites for hydroxylation is 2. The second-order valence-electron chi connectivity index (χ2n) is 3.62. The highest BCUT2D eigenvalue weighted by molar-refractivity contribution is 5.70. The fourth-order valence-corrected chi connectivity index (χ4v) is 1.69. The molecule has 0 bridgehead atoms. The van der Waals surface area contributed by atoms with Crippen LogP contribution in [0.15, 0.2) is 22.7 Å². The van der Waals surface area contributed by atoms with E-state index in [1.807, 2.05) is 0 Å². The standard InChI is InChI=1S/C11H9FN2O3/c1-6-11(7(2)17-13-6)9-5-8(14(15)16)3-4-10(9)12/h3-5H,1-2H3. The number of halogens is 1. The number of hydrogen-bond donors (Lipinski definition) is 0. The first-order valence-electron chi connectivity index (χ1n) is 4.88. The normalized spacial score (nSPS) is 10.5. The van der Waals surface area contributed by atoms with Crippen LogP contribution in [0.3, 0.4) is 0 Å². The lowest BCUT2D eigenvalue weighted by molar-refractivity contribution is -0.384. The van der Waals surface area contributed by atoms with E-state index in [4.69, 9.17) is 4.52 Å². The SMILES string of the molecule is Cc1noc(C)c1-c1cc([N+](=O)[O-])ccc1F. The number of benzene rings is 1. The van der Waals surface area contributed by atoms with Crippen molar-refractivity contribution in [3.05, 3.63) is 45.6 Å². The minimum absolute atomic E-state index is 0.135. The van der Waals surface area contributed by atoms with Crippen molar-refractivity contribution in [2.45, 2.75) is 13.8 Å². The lowest BCUT2D eigenvalue weighted by atomic mass is 10.0. The summed E-state index contributed by atoms with van der Waals surface area (Å²) in [4.78, 5) is 10.1. The van der Waals surface area contributed by atoms with E-state index in [1.54, 1.807) is 13.8 Å². The molecule has 0 amide bonds. The van der Waals surface area contributed by atoms with Gasteiger partial charge in [-0.15, -0.1) is 0 Å². The van der Waals surface area contributed by atoms with Crippen LogP contribution >= 0.6 is 0 Å². The Labute approximate surface area is 96.0 Å². The zero-order valence-corrected chi connectivity index (χ0v) is 9.23. The van der Waals surface area contributed by atoms with Gasteiger partial charge in [0.25, 0.3) is 5.69 Å². The minimum Gasteiger partial charge on any atom is -0.361 e. The molecule has 88 valence electrons. The summed E-state index contributed by atoms with van der Waals surface area (Å²) in [6.07, 6.45) is 0. The Morgan fingerprint density at radius 3 is 2.65 bits per heavy atom. The molecule has 17 heavy (non-hydrogen) atoms. The maximum Gasteiger partial charge on any atom is 0.270 e. The largest absolute Gasteiger partial charge is 0.361 e. The van der Waals surface area contributed by atoms with E-state index in [2.05, 4.69) is 5.16 Å². The van der Waals surface area contributed by atoms with E-state index in [0.29, 0.717) is 17.0 Å². The van der Waals surface area contributed by atoms with Crippen molar-refractivity contribution in [3.63, 3.8) is 0 Å². The summed E-state index contributed by atoms with van der Waals surface area (Å²) >= 11 is 0. The Kier molecular flexibility index (Phi) is 2.63. The molecule has 0 radical (unpaired) electrons. The quantitative estimate of drug-likeness (QED) is 0.593. The van der Waals surface area contributed by atoms with E-state index in [-0.39, 0.29) is 11.3 Å². The number of nitro benzene ring substituents is 1. The van der Waals surface area contributed by atoms with Gasteiger partial charge in [0.1, 0.15) is 11.6 Å². The van der Waals surface area contributed by atoms with Crippen molar-refractivity contribution >= 4 is 5.69 Å². The topological polar surface area (TPSA) is 69.2 Å². The molecule has 1 aromatic heterocycles. The Morgan fingerprint density at radius 1 is 1.41 bits per heavy atom. The number of nitrogens with zero attached hydrogens (tertiary/aromatic N) is 2. The third kappa shape index (κ3) is 1.89. The van der Waals surface area contributed by atoms with Crippen LogP contribution in [0.2, 0.25) is 0 Å². The summed E-state index contributed by atoms with van der Waals surface area (Å²) < 4.78 is 18.6.